The third kappa shape index (κ3) is 2.86. The molecular weight excluding hydrogens is 228 g/mol. The van der Waals surface area contributed by atoms with Crippen molar-refractivity contribution in [2.45, 2.75) is 19.0 Å². The lowest BCUT2D eigenvalue weighted by atomic mass is 10.1. The molecule has 2 N–H and O–H groups in total. The molecule has 1 aromatic rings. The van der Waals surface area contributed by atoms with Gasteiger partial charge in [0.05, 0.1) is 6.04 Å². The van der Waals surface area contributed by atoms with Crippen molar-refractivity contribution in [3.8, 4) is 0 Å². The van der Waals surface area contributed by atoms with E-state index in [-0.39, 0.29) is 11.9 Å². The highest BCUT2D eigenvalue weighted by atomic mass is 16.2. The average molecular weight is 248 g/mol. The van der Waals surface area contributed by atoms with Gasteiger partial charge in [0.1, 0.15) is 0 Å². The van der Waals surface area contributed by atoms with Crippen LogP contribution in [0.15, 0.2) is 24.5 Å². The molecule has 5 heteroatoms. The van der Waals surface area contributed by atoms with Crippen molar-refractivity contribution < 1.29 is 4.79 Å². The van der Waals surface area contributed by atoms with Crippen LogP contribution in [0.2, 0.25) is 0 Å². The van der Waals surface area contributed by atoms with Crippen molar-refractivity contribution in [2.24, 2.45) is 5.73 Å². The molecule has 0 aromatic carbocycles. The molecule has 98 valence electrons. The molecule has 1 atom stereocenters. The van der Waals surface area contributed by atoms with Crippen molar-refractivity contribution in [3.63, 3.8) is 0 Å². The van der Waals surface area contributed by atoms with Gasteiger partial charge in [0, 0.05) is 39.1 Å². The number of aromatic nitrogens is 1. The van der Waals surface area contributed by atoms with Crippen molar-refractivity contribution in [1.29, 1.82) is 0 Å². The Balaban J connectivity index is 2.08. The Bertz CT molecular complexity index is 395. The molecule has 0 spiro atoms. The molecule has 1 aliphatic rings. The molecule has 5 nitrogen and oxygen atoms in total. The van der Waals surface area contributed by atoms with Crippen LogP contribution in [0.3, 0.4) is 0 Å². The predicted molar refractivity (Wildman–Crippen MR) is 69.7 cm³/mol. The van der Waals surface area contributed by atoms with Gasteiger partial charge in [0.25, 0.3) is 0 Å². The Hall–Kier alpha value is -1.46. The number of nitrogens with two attached hydrogens (primary N) is 1. The van der Waals surface area contributed by atoms with Gasteiger partial charge in [0.15, 0.2) is 0 Å². The molecule has 0 bridgehead atoms. The summed E-state index contributed by atoms with van der Waals surface area (Å²) in [7, 11) is 1.85. The van der Waals surface area contributed by atoms with Crippen LogP contribution in [0.5, 0.6) is 0 Å². The van der Waals surface area contributed by atoms with Crippen LogP contribution >= 0.6 is 0 Å². The Morgan fingerprint density at radius 1 is 1.50 bits per heavy atom. The second-order valence-corrected chi connectivity index (χ2v) is 4.68. The van der Waals surface area contributed by atoms with Gasteiger partial charge in [-0.2, -0.15) is 0 Å². The minimum Gasteiger partial charge on any atom is -0.343 e. The molecule has 1 unspecified atom stereocenters. The second-order valence-electron chi connectivity index (χ2n) is 4.68. The van der Waals surface area contributed by atoms with E-state index in [1.165, 1.54) is 0 Å². The zero-order valence-electron chi connectivity index (χ0n) is 10.7. The van der Waals surface area contributed by atoms with Gasteiger partial charge in [-0.3, -0.25) is 14.7 Å². The fourth-order valence-corrected chi connectivity index (χ4v) is 2.33. The molecule has 1 aliphatic heterocycles. The van der Waals surface area contributed by atoms with Gasteiger partial charge >= 0.3 is 0 Å². The molecule has 0 aliphatic carbocycles. The number of piperazine rings is 1. The molecule has 1 aromatic heterocycles. The van der Waals surface area contributed by atoms with Gasteiger partial charge in [0.2, 0.25) is 5.91 Å². The summed E-state index contributed by atoms with van der Waals surface area (Å²) >= 11 is 0. The Morgan fingerprint density at radius 2 is 2.33 bits per heavy atom. The second kappa shape index (κ2) is 5.93. The lowest BCUT2D eigenvalue weighted by Gasteiger charge is -2.39. The maximum absolute atomic E-state index is 12.1. The van der Waals surface area contributed by atoms with Crippen LogP contribution < -0.4 is 5.73 Å². The van der Waals surface area contributed by atoms with Gasteiger partial charge in [-0.25, -0.2) is 0 Å². The smallest absolute Gasteiger partial charge is 0.239 e. The molecule has 18 heavy (non-hydrogen) atoms. The highest BCUT2D eigenvalue weighted by Crippen LogP contribution is 2.16. The Morgan fingerprint density at radius 3 is 3.00 bits per heavy atom. The summed E-state index contributed by atoms with van der Waals surface area (Å²) in [4.78, 5) is 20.2. The zero-order valence-corrected chi connectivity index (χ0v) is 10.7. The van der Waals surface area contributed by atoms with E-state index in [2.05, 4.69) is 9.88 Å². The largest absolute Gasteiger partial charge is 0.343 e. The van der Waals surface area contributed by atoms with E-state index in [1.54, 1.807) is 11.1 Å². The summed E-state index contributed by atoms with van der Waals surface area (Å²) in [6, 6.07) is 3.87. The number of carbonyl (C=O) groups excluding carboxylic acids is 1. The third-order valence-electron chi connectivity index (χ3n) is 3.37. The van der Waals surface area contributed by atoms with Gasteiger partial charge < -0.3 is 10.6 Å². The Kier molecular flexibility index (Phi) is 4.28. The minimum absolute atomic E-state index is 0.0889. The number of amides is 1. The number of hydrogen-bond acceptors (Lipinski definition) is 4. The van der Waals surface area contributed by atoms with E-state index < -0.39 is 0 Å². The van der Waals surface area contributed by atoms with Gasteiger partial charge in [-0.1, -0.05) is 6.07 Å². The number of likely N-dealkylation sites (N-methyl/N-ethyl adjacent to an activating group) is 1. The number of carbonyl (C=O) groups is 1. The first-order chi connectivity index (χ1) is 8.72. The first-order valence-electron chi connectivity index (χ1n) is 6.30. The SMILES string of the molecule is CN1CCN(Cc2cccnc2)C(CCN)C1=O. The molecule has 0 radical (unpaired) electrons. The molecule has 0 saturated carbocycles. The molecule has 2 heterocycles. The number of pyridine rings is 1. The highest BCUT2D eigenvalue weighted by Gasteiger charge is 2.32. The first kappa shape index (κ1) is 13.0. The molecular formula is C13H20N4O. The van der Waals surface area contributed by atoms with Crippen LogP contribution in [0, 0.1) is 0 Å². The summed E-state index contributed by atoms with van der Waals surface area (Å²) in [5.74, 6) is 0.176. The van der Waals surface area contributed by atoms with Crippen LogP contribution in [0.4, 0.5) is 0 Å². The van der Waals surface area contributed by atoms with E-state index in [1.807, 2.05) is 25.4 Å². The fourth-order valence-electron chi connectivity index (χ4n) is 2.33. The molecule has 1 fully saturated rings. The molecule has 2 rings (SSSR count). The quantitative estimate of drug-likeness (QED) is 0.819. The van der Waals surface area contributed by atoms with Crippen LogP contribution in [0.1, 0.15) is 12.0 Å². The van der Waals surface area contributed by atoms with Crippen LogP contribution in [-0.2, 0) is 11.3 Å². The standard InChI is InChI=1S/C13H20N4O/c1-16-7-8-17(12(4-5-14)13(16)18)10-11-3-2-6-15-9-11/h2-3,6,9,12H,4-5,7-8,10,14H2,1H3. The lowest BCUT2D eigenvalue weighted by Crippen LogP contribution is -2.55. The average Bonchev–Trinajstić information content (AvgIpc) is 2.39. The molecule has 1 saturated heterocycles. The third-order valence-corrected chi connectivity index (χ3v) is 3.37. The minimum atomic E-state index is -0.0889. The maximum atomic E-state index is 12.1. The maximum Gasteiger partial charge on any atom is 0.239 e. The van der Waals surface area contributed by atoms with Gasteiger partial charge in [-0.15, -0.1) is 0 Å². The van der Waals surface area contributed by atoms with Gasteiger partial charge in [-0.05, 0) is 24.6 Å². The number of rotatable bonds is 4. The zero-order chi connectivity index (χ0) is 13.0. The van der Waals surface area contributed by atoms with E-state index in [0.717, 1.165) is 25.2 Å². The topological polar surface area (TPSA) is 62.5 Å². The van der Waals surface area contributed by atoms with E-state index in [4.69, 9.17) is 5.73 Å². The fraction of sp³-hybridized carbons (Fsp3) is 0.538. The van der Waals surface area contributed by atoms with E-state index in [0.29, 0.717) is 13.0 Å². The van der Waals surface area contributed by atoms with Crippen molar-refractivity contribution in [3.05, 3.63) is 30.1 Å². The monoisotopic (exact) mass is 248 g/mol. The van der Waals surface area contributed by atoms with E-state index >= 15 is 0 Å². The summed E-state index contributed by atoms with van der Waals surface area (Å²) in [6.45, 7) is 2.97. The first-order valence-corrected chi connectivity index (χ1v) is 6.30. The summed E-state index contributed by atoms with van der Waals surface area (Å²) < 4.78 is 0. The van der Waals surface area contributed by atoms with Crippen molar-refractivity contribution in [2.75, 3.05) is 26.7 Å². The Labute approximate surface area is 108 Å². The van der Waals surface area contributed by atoms with Crippen molar-refractivity contribution >= 4 is 5.91 Å². The predicted octanol–water partition coefficient (Wildman–Crippen LogP) is 0.0730. The van der Waals surface area contributed by atoms with E-state index in [9.17, 15) is 4.79 Å². The van der Waals surface area contributed by atoms with Crippen LogP contribution in [0.25, 0.3) is 0 Å². The van der Waals surface area contributed by atoms with Crippen LogP contribution in [-0.4, -0.2) is 53.4 Å². The number of hydrogen-bond donors (Lipinski definition) is 1. The molecule has 1 amide bonds. The van der Waals surface area contributed by atoms with Crippen molar-refractivity contribution in [1.82, 2.24) is 14.8 Å². The number of nitrogens with zero attached hydrogens (tertiary/aromatic N) is 3. The highest BCUT2D eigenvalue weighted by molar-refractivity contribution is 5.82. The summed E-state index contributed by atoms with van der Waals surface area (Å²) in [6.07, 6.45) is 4.32. The summed E-state index contributed by atoms with van der Waals surface area (Å²) in [5, 5.41) is 0. The summed E-state index contributed by atoms with van der Waals surface area (Å²) in [5.41, 5.74) is 6.75. The lowest BCUT2D eigenvalue weighted by molar-refractivity contribution is -0.140. The normalized spacial score (nSPS) is 21.3.